The molecule has 2 rings (SSSR count). The molecule has 1 aliphatic rings. The Labute approximate surface area is 131 Å². The van der Waals surface area contributed by atoms with Gasteiger partial charge in [-0.3, -0.25) is 0 Å². The molecule has 0 bridgehead atoms. The number of hydrogen-bond donors (Lipinski definition) is 1. The molecular formula is C15H22ClNO3S. The lowest BCUT2D eigenvalue weighted by atomic mass is 9.76. The third kappa shape index (κ3) is 4.87. The number of primary sulfonamides is 1. The van der Waals surface area contributed by atoms with E-state index in [1.54, 1.807) is 6.07 Å². The van der Waals surface area contributed by atoms with Crippen molar-refractivity contribution in [2.24, 2.45) is 10.6 Å². The summed E-state index contributed by atoms with van der Waals surface area (Å²) in [6.07, 6.45) is 4.88. The molecule has 118 valence electrons. The van der Waals surface area contributed by atoms with Gasteiger partial charge in [-0.1, -0.05) is 30.9 Å². The molecule has 6 heteroatoms. The van der Waals surface area contributed by atoms with Gasteiger partial charge in [0.2, 0.25) is 10.0 Å². The van der Waals surface area contributed by atoms with Crippen molar-refractivity contribution in [3.63, 3.8) is 0 Å². The van der Waals surface area contributed by atoms with Crippen molar-refractivity contribution in [2.45, 2.75) is 39.0 Å². The second-order valence-electron chi connectivity index (χ2n) is 6.07. The molecule has 0 unspecified atom stereocenters. The maximum Gasteiger partial charge on any atom is 0.209 e. The molecule has 1 aromatic rings. The van der Waals surface area contributed by atoms with E-state index in [-0.39, 0.29) is 11.2 Å². The Morgan fingerprint density at radius 1 is 1.29 bits per heavy atom. The van der Waals surface area contributed by atoms with Crippen molar-refractivity contribution in [1.82, 2.24) is 0 Å². The van der Waals surface area contributed by atoms with Gasteiger partial charge in [0.05, 0.1) is 12.4 Å². The van der Waals surface area contributed by atoms with E-state index in [9.17, 15) is 8.42 Å². The van der Waals surface area contributed by atoms with Gasteiger partial charge in [0.15, 0.2) is 0 Å². The Morgan fingerprint density at radius 2 is 1.95 bits per heavy atom. The minimum atomic E-state index is -3.50. The van der Waals surface area contributed by atoms with Crippen molar-refractivity contribution in [3.8, 4) is 5.75 Å². The van der Waals surface area contributed by atoms with Crippen LogP contribution in [0.5, 0.6) is 5.75 Å². The number of benzene rings is 1. The summed E-state index contributed by atoms with van der Waals surface area (Å²) in [5, 5.41) is 5.93. The van der Waals surface area contributed by atoms with Crippen LogP contribution in [0.15, 0.2) is 18.2 Å². The molecule has 1 fully saturated rings. The minimum absolute atomic E-state index is 0.00730. The van der Waals surface area contributed by atoms with E-state index < -0.39 is 10.0 Å². The molecule has 0 aromatic heterocycles. The van der Waals surface area contributed by atoms with E-state index in [1.807, 2.05) is 19.1 Å². The average Bonchev–Trinajstić information content (AvgIpc) is 2.37. The number of hydrogen-bond acceptors (Lipinski definition) is 3. The van der Waals surface area contributed by atoms with Crippen molar-refractivity contribution in [2.75, 3.05) is 12.4 Å². The number of aryl methyl sites for hydroxylation is 1. The molecule has 1 aromatic carbocycles. The molecule has 0 amide bonds. The topological polar surface area (TPSA) is 69.4 Å². The second kappa shape index (κ2) is 6.55. The van der Waals surface area contributed by atoms with E-state index >= 15 is 0 Å². The van der Waals surface area contributed by atoms with Crippen LogP contribution in [0.3, 0.4) is 0 Å². The van der Waals surface area contributed by atoms with E-state index in [1.165, 1.54) is 0 Å². The maximum atomic E-state index is 11.5. The van der Waals surface area contributed by atoms with Gasteiger partial charge >= 0.3 is 0 Å². The quantitative estimate of drug-likeness (QED) is 0.900. The summed E-state index contributed by atoms with van der Waals surface area (Å²) in [5.41, 5.74) is 0.585. The highest BCUT2D eigenvalue weighted by atomic mass is 35.5. The van der Waals surface area contributed by atoms with Gasteiger partial charge in [-0.05, 0) is 43.5 Å². The number of sulfonamides is 1. The Kier molecular flexibility index (Phi) is 5.17. The lowest BCUT2D eigenvalue weighted by molar-refractivity contribution is 0.118. The zero-order valence-corrected chi connectivity index (χ0v) is 13.8. The second-order valence-corrected chi connectivity index (χ2v) is 8.12. The Hall–Kier alpha value is -0.780. The molecular weight excluding hydrogens is 310 g/mol. The molecule has 21 heavy (non-hydrogen) atoms. The zero-order valence-electron chi connectivity index (χ0n) is 12.3. The van der Waals surface area contributed by atoms with Gasteiger partial charge in [0.25, 0.3) is 0 Å². The third-order valence-corrected chi connectivity index (χ3v) is 5.34. The predicted octanol–water partition coefficient (Wildman–Crippen LogP) is 3.27. The lowest BCUT2D eigenvalue weighted by Gasteiger charge is -2.36. The standard InChI is InChI=1S/C15H22ClNO3S/c1-12-9-13(16)5-6-14(12)20-10-15(11-21(17,18)19)7-3-2-4-8-15/h5-6,9H,2-4,7-8,10-11H2,1H3,(H2,17,18,19). The summed E-state index contributed by atoms with van der Waals surface area (Å²) in [4.78, 5) is 0. The summed E-state index contributed by atoms with van der Waals surface area (Å²) >= 11 is 5.93. The fraction of sp³-hybridized carbons (Fsp3) is 0.600. The van der Waals surface area contributed by atoms with Crippen LogP contribution in [0.25, 0.3) is 0 Å². The first-order valence-corrected chi connectivity index (χ1v) is 9.29. The summed E-state index contributed by atoms with van der Waals surface area (Å²) in [7, 11) is -3.50. The van der Waals surface area contributed by atoms with Gasteiger partial charge < -0.3 is 4.74 Å². The van der Waals surface area contributed by atoms with E-state index in [2.05, 4.69) is 0 Å². The number of rotatable bonds is 5. The fourth-order valence-corrected chi connectivity index (χ4v) is 4.52. The largest absolute Gasteiger partial charge is 0.493 e. The Balaban J connectivity index is 2.12. The third-order valence-electron chi connectivity index (χ3n) is 4.09. The molecule has 0 atom stereocenters. The summed E-state index contributed by atoms with van der Waals surface area (Å²) < 4.78 is 29.0. The van der Waals surface area contributed by atoms with Crippen LogP contribution in [-0.4, -0.2) is 20.8 Å². The van der Waals surface area contributed by atoms with Crippen LogP contribution >= 0.6 is 11.6 Å². The minimum Gasteiger partial charge on any atom is -0.493 e. The normalized spacial score (nSPS) is 18.4. The monoisotopic (exact) mass is 331 g/mol. The van der Waals surface area contributed by atoms with Crippen LogP contribution in [0.1, 0.15) is 37.7 Å². The van der Waals surface area contributed by atoms with Gasteiger partial charge in [-0.2, -0.15) is 0 Å². The molecule has 0 spiro atoms. The highest BCUT2D eigenvalue weighted by Crippen LogP contribution is 2.38. The molecule has 0 aliphatic heterocycles. The highest BCUT2D eigenvalue weighted by Gasteiger charge is 2.36. The van der Waals surface area contributed by atoms with Gasteiger partial charge in [-0.15, -0.1) is 0 Å². The lowest BCUT2D eigenvalue weighted by Crippen LogP contribution is -2.40. The van der Waals surface area contributed by atoms with Crippen LogP contribution in [-0.2, 0) is 10.0 Å². The Bertz CT molecular complexity index is 595. The summed E-state index contributed by atoms with van der Waals surface area (Å²) in [6, 6.07) is 5.44. The Morgan fingerprint density at radius 3 is 2.52 bits per heavy atom. The van der Waals surface area contributed by atoms with E-state index in [4.69, 9.17) is 21.5 Å². The first-order chi connectivity index (χ1) is 9.80. The van der Waals surface area contributed by atoms with Crippen LogP contribution in [0, 0.1) is 12.3 Å². The first kappa shape index (κ1) is 16.6. The summed E-state index contributed by atoms with van der Waals surface area (Å²) in [6.45, 7) is 2.31. The maximum absolute atomic E-state index is 11.5. The molecule has 0 radical (unpaired) electrons. The van der Waals surface area contributed by atoms with Gasteiger partial charge in [-0.25, -0.2) is 13.6 Å². The first-order valence-electron chi connectivity index (χ1n) is 7.19. The predicted molar refractivity (Wildman–Crippen MR) is 85.2 cm³/mol. The number of ether oxygens (including phenoxy) is 1. The van der Waals surface area contributed by atoms with Crippen molar-refractivity contribution in [1.29, 1.82) is 0 Å². The summed E-state index contributed by atoms with van der Waals surface area (Å²) in [5.74, 6) is 0.742. The van der Waals surface area contributed by atoms with E-state index in [0.717, 1.165) is 43.4 Å². The highest BCUT2D eigenvalue weighted by molar-refractivity contribution is 7.89. The molecule has 4 nitrogen and oxygen atoms in total. The van der Waals surface area contributed by atoms with Crippen molar-refractivity contribution >= 4 is 21.6 Å². The fourth-order valence-electron chi connectivity index (χ4n) is 3.06. The van der Waals surface area contributed by atoms with Crippen LogP contribution < -0.4 is 9.88 Å². The number of halogens is 1. The SMILES string of the molecule is Cc1cc(Cl)ccc1OCC1(CS(N)(=O)=O)CCCCC1. The molecule has 1 aliphatic carbocycles. The van der Waals surface area contributed by atoms with Crippen molar-refractivity contribution < 1.29 is 13.2 Å². The van der Waals surface area contributed by atoms with Gasteiger partial charge in [0.1, 0.15) is 5.75 Å². The number of nitrogens with two attached hydrogens (primary N) is 1. The van der Waals surface area contributed by atoms with E-state index in [0.29, 0.717) is 11.6 Å². The smallest absolute Gasteiger partial charge is 0.209 e. The molecule has 2 N–H and O–H groups in total. The van der Waals surface area contributed by atoms with Crippen molar-refractivity contribution in [3.05, 3.63) is 28.8 Å². The van der Waals surface area contributed by atoms with Crippen LogP contribution in [0.4, 0.5) is 0 Å². The zero-order chi connectivity index (χ0) is 15.5. The van der Waals surface area contributed by atoms with Gasteiger partial charge in [0, 0.05) is 10.4 Å². The van der Waals surface area contributed by atoms with Crippen LogP contribution in [0.2, 0.25) is 5.02 Å². The molecule has 0 saturated heterocycles. The molecule has 1 saturated carbocycles. The average molecular weight is 332 g/mol. The molecule has 0 heterocycles.